The zero-order valence-corrected chi connectivity index (χ0v) is 12.8. The highest BCUT2D eigenvalue weighted by molar-refractivity contribution is 8.39. The van der Waals surface area contributed by atoms with Crippen LogP contribution in [0.15, 0.2) is 0 Å². The fourth-order valence-corrected chi connectivity index (χ4v) is 5.09. The largest absolute Gasteiger partial charge is 0.302 e. The number of hydrogen-bond acceptors (Lipinski definition) is 1. The van der Waals surface area contributed by atoms with E-state index in [1.54, 1.807) is 0 Å². The van der Waals surface area contributed by atoms with Crippen molar-refractivity contribution in [1.29, 1.82) is 0 Å². The SMILES string of the molecule is CC.CC(C)(CN1CCCCC1)S1(C)CC1. The van der Waals surface area contributed by atoms with Crippen molar-refractivity contribution < 1.29 is 0 Å². The number of nitrogens with zero attached hydrogens (tertiary/aromatic N) is 1. The minimum Gasteiger partial charge on any atom is -0.302 e. The molecule has 0 saturated carbocycles. The van der Waals surface area contributed by atoms with Gasteiger partial charge in [0.05, 0.1) is 0 Å². The van der Waals surface area contributed by atoms with E-state index >= 15 is 0 Å². The fourth-order valence-electron chi connectivity index (χ4n) is 2.49. The fraction of sp³-hybridized carbons (Fsp3) is 1.00. The molecule has 0 spiro atoms. The Balaban J connectivity index is 0.000000606. The maximum atomic E-state index is 2.71. The second kappa shape index (κ2) is 5.77. The Bertz CT molecular complexity index is 203. The lowest BCUT2D eigenvalue weighted by molar-refractivity contribution is 0.214. The van der Waals surface area contributed by atoms with E-state index < -0.39 is 0 Å². The normalized spacial score (nSPS) is 26.6. The second-order valence-electron chi connectivity index (χ2n) is 5.78. The summed E-state index contributed by atoms with van der Waals surface area (Å²) in [5, 5.41) is 0. The van der Waals surface area contributed by atoms with E-state index in [0.29, 0.717) is 4.75 Å². The molecule has 2 fully saturated rings. The molecule has 2 heteroatoms. The molecule has 0 amide bonds. The van der Waals surface area contributed by atoms with Gasteiger partial charge in [-0.3, -0.25) is 0 Å². The smallest absolute Gasteiger partial charge is 0.0109 e. The predicted octanol–water partition coefficient (Wildman–Crippen LogP) is 3.73. The molecule has 98 valence electrons. The van der Waals surface area contributed by atoms with Gasteiger partial charge in [-0.1, -0.05) is 34.1 Å². The standard InChI is InChI=1S/C12H25NS.C2H6/c1-12(2,14(3)9-10-14)11-13-7-5-4-6-8-13;1-2/h4-11H2,1-3H3;1-2H3. The van der Waals surface area contributed by atoms with Crippen LogP contribution in [0.4, 0.5) is 0 Å². The minimum absolute atomic E-state index is 0.193. The van der Waals surface area contributed by atoms with Gasteiger partial charge >= 0.3 is 0 Å². The summed E-state index contributed by atoms with van der Waals surface area (Å²) in [4.78, 5) is 2.71. The van der Waals surface area contributed by atoms with Crippen LogP contribution >= 0.6 is 10.0 Å². The quantitative estimate of drug-likeness (QED) is 0.685. The molecule has 0 unspecified atom stereocenters. The molecule has 0 aliphatic carbocycles. The summed E-state index contributed by atoms with van der Waals surface area (Å²) in [5.41, 5.74) is 0. The van der Waals surface area contributed by atoms with Gasteiger partial charge in [0, 0.05) is 11.3 Å². The van der Waals surface area contributed by atoms with Crippen molar-refractivity contribution in [1.82, 2.24) is 4.90 Å². The Labute approximate surface area is 104 Å². The molecule has 0 radical (unpaired) electrons. The van der Waals surface area contributed by atoms with Gasteiger partial charge in [-0.25, -0.2) is 10.0 Å². The molecule has 0 aromatic heterocycles. The third kappa shape index (κ3) is 3.40. The van der Waals surface area contributed by atoms with Crippen LogP contribution in [0.1, 0.15) is 47.0 Å². The van der Waals surface area contributed by atoms with E-state index in [9.17, 15) is 0 Å². The molecule has 2 aliphatic rings. The van der Waals surface area contributed by atoms with Gasteiger partial charge in [-0.15, -0.1) is 0 Å². The highest BCUT2D eigenvalue weighted by atomic mass is 32.3. The predicted molar refractivity (Wildman–Crippen MR) is 79.0 cm³/mol. The Kier molecular flexibility index (Phi) is 5.18. The summed E-state index contributed by atoms with van der Waals surface area (Å²) < 4.78 is 0.615. The molecular formula is C14H31NS. The highest BCUT2D eigenvalue weighted by Crippen LogP contribution is 2.67. The summed E-state index contributed by atoms with van der Waals surface area (Å²) in [7, 11) is -0.193. The van der Waals surface area contributed by atoms with E-state index in [2.05, 4.69) is 25.0 Å². The molecule has 2 rings (SSSR count). The summed E-state index contributed by atoms with van der Waals surface area (Å²) in [6, 6.07) is 0. The monoisotopic (exact) mass is 245 g/mol. The van der Waals surface area contributed by atoms with Crippen molar-refractivity contribution in [3.05, 3.63) is 0 Å². The van der Waals surface area contributed by atoms with Crippen LogP contribution in [-0.2, 0) is 0 Å². The van der Waals surface area contributed by atoms with Crippen LogP contribution in [0.3, 0.4) is 0 Å². The average molecular weight is 245 g/mol. The molecule has 16 heavy (non-hydrogen) atoms. The first kappa shape index (κ1) is 14.4. The zero-order valence-electron chi connectivity index (χ0n) is 12.0. The van der Waals surface area contributed by atoms with Gasteiger partial charge in [-0.2, -0.15) is 0 Å². The maximum absolute atomic E-state index is 2.71. The number of piperidine rings is 1. The highest BCUT2D eigenvalue weighted by Gasteiger charge is 2.45. The molecule has 2 aliphatic heterocycles. The van der Waals surface area contributed by atoms with E-state index in [-0.39, 0.29) is 10.0 Å². The summed E-state index contributed by atoms with van der Waals surface area (Å²) in [5.74, 6) is 3.07. The molecular weight excluding hydrogens is 214 g/mol. The number of likely N-dealkylation sites (tertiary alicyclic amines) is 1. The minimum atomic E-state index is -0.193. The van der Waals surface area contributed by atoms with Gasteiger partial charge in [0.1, 0.15) is 0 Å². The van der Waals surface area contributed by atoms with E-state index in [1.165, 1.54) is 50.4 Å². The molecule has 2 heterocycles. The van der Waals surface area contributed by atoms with Crippen molar-refractivity contribution in [3.63, 3.8) is 0 Å². The van der Waals surface area contributed by atoms with Crippen LogP contribution in [-0.4, -0.2) is 47.0 Å². The van der Waals surface area contributed by atoms with Gasteiger partial charge in [0.25, 0.3) is 0 Å². The van der Waals surface area contributed by atoms with Gasteiger partial charge in [0.2, 0.25) is 0 Å². The lowest BCUT2D eigenvalue weighted by Gasteiger charge is -2.41. The van der Waals surface area contributed by atoms with Crippen LogP contribution < -0.4 is 0 Å². The van der Waals surface area contributed by atoms with E-state index in [1.807, 2.05) is 13.8 Å². The number of rotatable bonds is 3. The lowest BCUT2D eigenvalue weighted by Crippen LogP contribution is -2.41. The van der Waals surface area contributed by atoms with E-state index in [4.69, 9.17) is 0 Å². The first-order chi connectivity index (χ1) is 7.54. The molecule has 0 bridgehead atoms. The maximum Gasteiger partial charge on any atom is 0.0109 e. The zero-order chi connectivity index (χ0) is 12.2. The molecule has 2 saturated heterocycles. The van der Waals surface area contributed by atoms with Gasteiger partial charge in [0.15, 0.2) is 0 Å². The molecule has 0 aromatic rings. The van der Waals surface area contributed by atoms with Crippen molar-refractivity contribution in [2.75, 3.05) is 37.4 Å². The number of hydrogen-bond donors (Lipinski definition) is 0. The van der Waals surface area contributed by atoms with Crippen LogP contribution in [0.25, 0.3) is 0 Å². The molecule has 1 nitrogen and oxygen atoms in total. The van der Waals surface area contributed by atoms with Crippen molar-refractivity contribution in [2.24, 2.45) is 0 Å². The molecule has 0 aromatic carbocycles. The topological polar surface area (TPSA) is 3.24 Å². The molecule has 0 N–H and O–H groups in total. The van der Waals surface area contributed by atoms with Crippen LogP contribution in [0, 0.1) is 0 Å². The second-order valence-corrected chi connectivity index (χ2v) is 10.2. The lowest BCUT2D eigenvalue weighted by atomic mass is 10.1. The Hall–Kier alpha value is 0.310. The van der Waals surface area contributed by atoms with Crippen molar-refractivity contribution in [2.45, 2.75) is 51.7 Å². The third-order valence-electron chi connectivity index (χ3n) is 4.20. The summed E-state index contributed by atoms with van der Waals surface area (Å²) >= 11 is 0. The Morgan fingerprint density at radius 2 is 1.50 bits per heavy atom. The Morgan fingerprint density at radius 3 is 1.94 bits per heavy atom. The first-order valence-corrected chi connectivity index (χ1v) is 9.37. The van der Waals surface area contributed by atoms with E-state index in [0.717, 1.165) is 0 Å². The average Bonchev–Trinajstić information content (AvgIpc) is 3.02. The van der Waals surface area contributed by atoms with Gasteiger partial charge < -0.3 is 4.90 Å². The van der Waals surface area contributed by atoms with Crippen molar-refractivity contribution >= 4 is 10.0 Å². The van der Waals surface area contributed by atoms with Crippen LogP contribution in [0.5, 0.6) is 0 Å². The van der Waals surface area contributed by atoms with Crippen molar-refractivity contribution in [3.8, 4) is 0 Å². The first-order valence-electron chi connectivity index (χ1n) is 6.99. The van der Waals surface area contributed by atoms with Gasteiger partial charge in [-0.05, 0) is 43.7 Å². The third-order valence-corrected chi connectivity index (χ3v) is 8.63. The van der Waals surface area contributed by atoms with Crippen LogP contribution in [0.2, 0.25) is 0 Å². The Morgan fingerprint density at radius 1 is 1.00 bits per heavy atom. The summed E-state index contributed by atoms with van der Waals surface area (Å²) in [6.45, 7) is 13.1. The molecule has 0 atom stereocenters. The summed E-state index contributed by atoms with van der Waals surface area (Å²) in [6.07, 6.45) is 6.88.